The number of methoxy groups -OCH3 is 1. The maximum Gasteiger partial charge on any atom is 0.286 e. The summed E-state index contributed by atoms with van der Waals surface area (Å²) in [6, 6.07) is 7.45. The van der Waals surface area contributed by atoms with E-state index in [2.05, 4.69) is 13.5 Å². The SMILES string of the molecule is C=CC(CCC)SC(=O)N(C)c1ccc(OC)cc1. The van der Waals surface area contributed by atoms with Gasteiger partial charge in [0, 0.05) is 18.0 Å². The first-order valence-electron chi connectivity index (χ1n) is 6.33. The third kappa shape index (κ3) is 4.63. The van der Waals surface area contributed by atoms with Crippen LogP contribution in [0.15, 0.2) is 36.9 Å². The Morgan fingerprint density at radius 2 is 2.11 bits per heavy atom. The second-order valence-electron chi connectivity index (χ2n) is 4.20. The number of carbonyl (C=O) groups is 1. The molecular weight excluding hydrogens is 258 g/mol. The molecule has 0 saturated carbocycles. The molecule has 0 aliphatic heterocycles. The minimum atomic E-state index is 0.0310. The first-order chi connectivity index (χ1) is 9.12. The Hall–Kier alpha value is -1.42. The number of ether oxygens (including phenoxy) is 1. The molecular formula is C15H21NO2S. The Balaban J connectivity index is 2.67. The molecule has 1 unspecified atom stereocenters. The van der Waals surface area contributed by atoms with Gasteiger partial charge < -0.3 is 9.64 Å². The summed E-state index contributed by atoms with van der Waals surface area (Å²) in [4.78, 5) is 13.8. The van der Waals surface area contributed by atoms with E-state index in [1.165, 1.54) is 11.8 Å². The minimum absolute atomic E-state index is 0.0310. The number of nitrogens with zero attached hydrogens (tertiary/aromatic N) is 1. The van der Waals surface area contributed by atoms with Gasteiger partial charge in [0.2, 0.25) is 0 Å². The van der Waals surface area contributed by atoms with E-state index < -0.39 is 0 Å². The van der Waals surface area contributed by atoms with Crippen molar-refractivity contribution in [2.75, 3.05) is 19.1 Å². The van der Waals surface area contributed by atoms with Gasteiger partial charge in [-0.15, -0.1) is 6.58 Å². The smallest absolute Gasteiger partial charge is 0.286 e. The number of benzene rings is 1. The summed E-state index contributed by atoms with van der Waals surface area (Å²) in [5.74, 6) is 0.784. The molecule has 0 N–H and O–H groups in total. The molecule has 1 aromatic rings. The lowest BCUT2D eigenvalue weighted by Gasteiger charge is -2.19. The van der Waals surface area contributed by atoms with E-state index in [1.54, 1.807) is 19.1 Å². The molecule has 0 fully saturated rings. The van der Waals surface area contributed by atoms with Gasteiger partial charge in [0.15, 0.2) is 0 Å². The van der Waals surface area contributed by atoms with E-state index in [9.17, 15) is 4.79 Å². The Labute approximate surface area is 119 Å². The molecule has 1 aromatic carbocycles. The quantitative estimate of drug-likeness (QED) is 0.725. The molecule has 0 aliphatic carbocycles. The highest BCUT2D eigenvalue weighted by Crippen LogP contribution is 2.25. The van der Waals surface area contributed by atoms with E-state index in [4.69, 9.17) is 4.74 Å². The van der Waals surface area contributed by atoms with Gasteiger partial charge in [-0.2, -0.15) is 0 Å². The number of anilines is 1. The van der Waals surface area contributed by atoms with E-state index in [-0.39, 0.29) is 10.5 Å². The van der Waals surface area contributed by atoms with Crippen LogP contribution in [-0.2, 0) is 0 Å². The first-order valence-corrected chi connectivity index (χ1v) is 7.21. The van der Waals surface area contributed by atoms with Crippen LogP contribution in [0.2, 0.25) is 0 Å². The lowest BCUT2D eigenvalue weighted by molar-refractivity contribution is 0.266. The Kier molecular flexibility index (Phi) is 6.50. The van der Waals surface area contributed by atoms with Gasteiger partial charge in [-0.05, 0) is 30.7 Å². The molecule has 1 amide bonds. The Morgan fingerprint density at radius 1 is 1.47 bits per heavy atom. The molecule has 4 heteroatoms. The zero-order valence-corrected chi connectivity index (χ0v) is 12.6. The normalized spacial score (nSPS) is 11.7. The van der Waals surface area contributed by atoms with Crippen molar-refractivity contribution in [3.63, 3.8) is 0 Å². The minimum Gasteiger partial charge on any atom is -0.497 e. The molecule has 3 nitrogen and oxygen atoms in total. The van der Waals surface area contributed by atoms with Crippen LogP contribution in [0.4, 0.5) is 10.5 Å². The third-order valence-electron chi connectivity index (χ3n) is 2.82. The van der Waals surface area contributed by atoms with Gasteiger partial charge in [-0.25, -0.2) is 0 Å². The average Bonchev–Trinajstić information content (AvgIpc) is 2.45. The van der Waals surface area contributed by atoms with Crippen LogP contribution in [0.5, 0.6) is 5.75 Å². The molecule has 0 bridgehead atoms. The van der Waals surface area contributed by atoms with Crippen molar-refractivity contribution in [2.45, 2.75) is 25.0 Å². The van der Waals surface area contributed by atoms with Gasteiger partial charge in [0.1, 0.15) is 5.75 Å². The van der Waals surface area contributed by atoms with Gasteiger partial charge in [-0.3, -0.25) is 4.79 Å². The zero-order valence-electron chi connectivity index (χ0n) is 11.8. The van der Waals surface area contributed by atoms with Crippen molar-refractivity contribution in [2.24, 2.45) is 0 Å². The predicted molar refractivity (Wildman–Crippen MR) is 83.3 cm³/mol. The number of carbonyl (C=O) groups excluding carboxylic acids is 1. The van der Waals surface area contributed by atoms with Crippen molar-refractivity contribution in [1.29, 1.82) is 0 Å². The van der Waals surface area contributed by atoms with Crippen LogP contribution in [0.1, 0.15) is 19.8 Å². The monoisotopic (exact) mass is 279 g/mol. The molecule has 1 atom stereocenters. The standard InChI is InChI=1S/C15H21NO2S/c1-5-7-14(6-2)19-15(17)16(3)12-8-10-13(18-4)11-9-12/h6,8-11,14H,2,5,7H2,1,3-4H3. The van der Waals surface area contributed by atoms with Crippen molar-refractivity contribution >= 4 is 22.7 Å². The largest absolute Gasteiger partial charge is 0.497 e. The summed E-state index contributed by atoms with van der Waals surface area (Å²) in [7, 11) is 3.41. The number of hydrogen-bond acceptors (Lipinski definition) is 3. The predicted octanol–water partition coefficient (Wildman–Crippen LogP) is 4.34. The third-order valence-corrected chi connectivity index (χ3v) is 4.03. The molecule has 1 rings (SSSR count). The summed E-state index contributed by atoms with van der Waals surface area (Å²) in [6.45, 7) is 5.89. The number of thioether (sulfide) groups is 1. The highest BCUT2D eigenvalue weighted by Gasteiger charge is 2.16. The number of hydrogen-bond donors (Lipinski definition) is 0. The molecule has 0 saturated heterocycles. The fourth-order valence-corrected chi connectivity index (χ4v) is 2.60. The van der Waals surface area contributed by atoms with Crippen molar-refractivity contribution < 1.29 is 9.53 Å². The van der Waals surface area contributed by atoms with Crippen LogP contribution in [0.25, 0.3) is 0 Å². The fourth-order valence-electron chi connectivity index (χ4n) is 1.63. The summed E-state index contributed by atoms with van der Waals surface area (Å²) >= 11 is 1.32. The molecule has 104 valence electrons. The fraction of sp³-hybridized carbons (Fsp3) is 0.400. The molecule has 0 spiro atoms. The van der Waals surface area contributed by atoms with Gasteiger partial charge in [0.25, 0.3) is 5.24 Å². The Bertz CT molecular complexity index is 417. The van der Waals surface area contributed by atoms with E-state index in [0.717, 1.165) is 24.3 Å². The van der Waals surface area contributed by atoms with Crippen LogP contribution in [0.3, 0.4) is 0 Å². The van der Waals surface area contributed by atoms with E-state index in [0.29, 0.717) is 0 Å². The summed E-state index contributed by atoms with van der Waals surface area (Å²) in [6.07, 6.45) is 3.85. The maximum atomic E-state index is 12.2. The van der Waals surface area contributed by atoms with Crippen LogP contribution < -0.4 is 9.64 Å². The second kappa shape index (κ2) is 7.89. The van der Waals surface area contributed by atoms with Crippen molar-refractivity contribution in [3.8, 4) is 5.75 Å². The molecule has 0 radical (unpaired) electrons. The lowest BCUT2D eigenvalue weighted by atomic mass is 10.2. The highest BCUT2D eigenvalue weighted by molar-refractivity contribution is 8.14. The summed E-state index contributed by atoms with van der Waals surface area (Å²) in [5.41, 5.74) is 0.859. The van der Waals surface area contributed by atoms with Crippen LogP contribution >= 0.6 is 11.8 Å². The van der Waals surface area contributed by atoms with E-state index >= 15 is 0 Å². The molecule has 0 aliphatic rings. The van der Waals surface area contributed by atoms with Crippen LogP contribution in [0, 0.1) is 0 Å². The average molecular weight is 279 g/mol. The van der Waals surface area contributed by atoms with Crippen molar-refractivity contribution in [3.05, 3.63) is 36.9 Å². The topological polar surface area (TPSA) is 29.5 Å². The first kappa shape index (κ1) is 15.6. The summed E-state index contributed by atoms with van der Waals surface area (Å²) in [5, 5.41) is 0.210. The number of amides is 1. The van der Waals surface area contributed by atoms with Crippen LogP contribution in [-0.4, -0.2) is 24.6 Å². The van der Waals surface area contributed by atoms with Crippen molar-refractivity contribution in [1.82, 2.24) is 0 Å². The van der Waals surface area contributed by atoms with Gasteiger partial charge >= 0.3 is 0 Å². The highest BCUT2D eigenvalue weighted by atomic mass is 32.2. The number of rotatable bonds is 6. The summed E-state index contributed by atoms with van der Waals surface area (Å²) < 4.78 is 5.10. The van der Waals surface area contributed by atoms with E-state index in [1.807, 2.05) is 30.3 Å². The molecule has 0 heterocycles. The lowest BCUT2D eigenvalue weighted by Crippen LogP contribution is -2.23. The Morgan fingerprint density at radius 3 is 2.58 bits per heavy atom. The second-order valence-corrected chi connectivity index (χ2v) is 5.39. The van der Waals surface area contributed by atoms with Gasteiger partial charge in [-0.1, -0.05) is 31.2 Å². The zero-order chi connectivity index (χ0) is 14.3. The maximum absolute atomic E-state index is 12.2. The molecule has 19 heavy (non-hydrogen) atoms. The van der Waals surface area contributed by atoms with Gasteiger partial charge in [0.05, 0.1) is 7.11 Å². The molecule has 0 aromatic heterocycles.